The van der Waals surface area contributed by atoms with Gasteiger partial charge in [-0.3, -0.25) is 9.59 Å². The second-order valence-corrected chi connectivity index (χ2v) is 11.1. The zero-order valence-corrected chi connectivity index (χ0v) is 23.7. The largest absolute Gasteiger partial charge is 0.495 e. The summed E-state index contributed by atoms with van der Waals surface area (Å²) in [6.07, 6.45) is 14.0. The molecule has 10 nitrogen and oxygen atoms in total. The van der Waals surface area contributed by atoms with E-state index in [0.29, 0.717) is 47.6 Å². The van der Waals surface area contributed by atoms with Crippen LogP contribution in [-0.4, -0.2) is 79.6 Å². The lowest BCUT2D eigenvalue weighted by molar-refractivity contribution is -0.121. The second kappa shape index (κ2) is 12.1. The maximum atomic E-state index is 13.2. The molecule has 2 aromatic rings. The van der Waals surface area contributed by atoms with Crippen LogP contribution in [0.2, 0.25) is 0 Å². The molecule has 2 amide bonds. The van der Waals surface area contributed by atoms with Gasteiger partial charge in [-0.05, 0) is 64.0 Å². The summed E-state index contributed by atoms with van der Waals surface area (Å²) in [7, 11) is 5.44. The maximum Gasteiger partial charge on any atom is 0.251 e. The van der Waals surface area contributed by atoms with E-state index in [4.69, 9.17) is 16.1 Å². The lowest BCUT2D eigenvalue weighted by atomic mass is 10.0. The molecule has 1 saturated heterocycles. The van der Waals surface area contributed by atoms with Crippen LogP contribution >= 0.6 is 0 Å². The first-order chi connectivity index (χ1) is 19.4. The highest BCUT2D eigenvalue weighted by Crippen LogP contribution is 2.38. The number of nitrogens with one attached hydrogen (secondary N) is 2. The van der Waals surface area contributed by atoms with Crippen molar-refractivity contribution in [3.05, 3.63) is 30.0 Å². The number of anilines is 4. The smallest absolute Gasteiger partial charge is 0.251 e. The first-order valence-electron chi connectivity index (χ1n) is 14.2. The van der Waals surface area contributed by atoms with Crippen LogP contribution in [0.5, 0.6) is 5.75 Å². The van der Waals surface area contributed by atoms with Crippen molar-refractivity contribution < 1.29 is 14.3 Å². The zero-order valence-electron chi connectivity index (χ0n) is 23.7. The molecule has 1 aromatic heterocycles. The third-order valence-electron chi connectivity index (χ3n) is 8.37. The van der Waals surface area contributed by atoms with Gasteiger partial charge < -0.3 is 30.1 Å². The molecule has 1 saturated carbocycles. The van der Waals surface area contributed by atoms with E-state index in [1.165, 1.54) is 0 Å². The Morgan fingerprint density at radius 3 is 2.62 bits per heavy atom. The Kier molecular flexibility index (Phi) is 8.40. The van der Waals surface area contributed by atoms with E-state index in [1.807, 2.05) is 6.07 Å². The highest BCUT2D eigenvalue weighted by atomic mass is 16.5. The molecule has 1 aliphatic carbocycles. The number of hydrogen-bond donors (Lipinski definition) is 2. The topological polar surface area (TPSA) is 103 Å². The van der Waals surface area contributed by atoms with Gasteiger partial charge in [-0.2, -0.15) is 4.98 Å². The van der Waals surface area contributed by atoms with E-state index in [2.05, 4.69) is 38.4 Å². The van der Waals surface area contributed by atoms with Crippen molar-refractivity contribution in [2.75, 3.05) is 56.0 Å². The summed E-state index contributed by atoms with van der Waals surface area (Å²) < 4.78 is 5.63. The summed E-state index contributed by atoms with van der Waals surface area (Å²) in [5.74, 6) is 3.90. The molecule has 0 bridgehead atoms. The normalized spacial score (nSPS) is 20.6. The molecule has 0 spiro atoms. The second-order valence-electron chi connectivity index (χ2n) is 11.1. The molecule has 212 valence electrons. The maximum absolute atomic E-state index is 13.2. The van der Waals surface area contributed by atoms with Crippen molar-refractivity contribution in [2.45, 2.75) is 57.0 Å². The lowest BCUT2D eigenvalue weighted by Crippen LogP contribution is -2.43. The summed E-state index contributed by atoms with van der Waals surface area (Å²) in [6.45, 7) is 2.49. The van der Waals surface area contributed by atoms with Crippen molar-refractivity contribution >= 4 is 35.0 Å². The number of aromatic nitrogens is 2. The van der Waals surface area contributed by atoms with Crippen LogP contribution in [0.25, 0.3) is 0 Å². The Bertz CT molecular complexity index is 1280. The number of ether oxygens (including phenoxy) is 1. The number of nitrogens with zero attached hydrogens (tertiary/aromatic N) is 5. The number of amides is 2. The highest BCUT2D eigenvalue weighted by molar-refractivity contribution is 5.99. The number of rotatable bonds is 7. The first kappa shape index (κ1) is 27.7. The first-order valence-corrected chi connectivity index (χ1v) is 14.2. The molecule has 3 aliphatic rings. The summed E-state index contributed by atoms with van der Waals surface area (Å²) in [4.78, 5) is 41.8. The van der Waals surface area contributed by atoms with Crippen molar-refractivity contribution in [1.82, 2.24) is 20.2 Å². The van der Waals surface area contributed by atoms with Gasteiger partial charge >= 0.3 is 0 Å². The third kappa shape index (κ3) is 5.85. The van der Waals surface area contributed by atoms with Crippen LogP contribution in [-0.2, 0) is 4.79 Å². The summed E-state index contributed by atoms with van der Waals surface area (Å²) >= 11 is 0. The number of benzene rings is 1. The number of piperidine rings is 1. The molecule has 40 heavy (non-hydrogen) atoms. The van der Waals surface area contributed by atoms with Crippen LogP contribution < -0.4 is 25.2 Å². The number of fused-ring (bicyclic) bond motifs is 1. The Morgan fingerprint density at radius 1 is 1.18 bits per heavy atom. The molecule has 0 radical (unpaired) electrons. The average molecular weight is 546 g/mol. The molecule has 0 unspecified atom stereocenters. The van der Waals surface area contributed by atoms with Crippen LogP contribution in [0.3, 0.4) is 0 Å². The van der Waals surface area contributed by atoms with Gasteiger partial charge in [-0.25, -0.2) is 4.98 Å². The Hall–Kier alpha value is -3.84. The van der Waals surface area contributed by atoms with Crippen LogP contribution in [0.4, 0.5) is 23.1 Å². The Balaban J connectivity index is 1.38. The molecule has 1 atom stereocenters. The minimum Gasteiger partial charge on any atom is -0.495 e. The minimum absolute atomic E-state index is 0.0141. The molecule has 3 heterocycles. The SMILES string of the molecule is C#CC[C@@H]1CN(C2CCCC2)c2nc(Nc3ccc(C(=O)NC4CCN(C)CC4)cc3OC)ncc2N(C)C1=O. The van der Waals surface area contributed by atoms with Crippen molar-refractivity contribution in [2.24, 2.45) is 5.92 Å². The fourth-order valence-corrected chi connectivity index (χ4v) is 5.98. The van der Waals surface area contributed by atoms with Gasteiger partial charge in [0.25, 0.3) is 5.91 Å². The molecular weight excluding hydrogens is 506 g/mol. The van der Waals surface area contributed by atoms with Crippen molar-refractivity contribution in [3.63, 3.8) is 0 Å². The monoisotopic (exact) mass is 545 g/mol. The minimum atomic E-state index is -0.297. The van der Waals surface area contributed by atoms with E-state index in [-0.39, 0.29) is 23.8 Å². The van der Waals surface area contributed by atoms with Gasteiger partial charge in [-0.1, -0.05) is 12.8 Å². The predicted molar refractivity (Wildman–Crippen MR) is 156 cm³/mol. The predicted octanol–water partition coefficient (Wildman–Crippen LogP) is 3.42. The van der Waals surface area contributed by atoms with Crippen LogP contribution in [0.15, 0.2) is 24.4 Å². The number of carbonyl (C=O) groups is 2. The number of likely N-dealkylation sites (tertiary alicyclic amines) is 1. The Morgan fingerprint density at radius 2 is 1.93 bits per heavy atom. The molecule has 5 rings (SSSR count). The molecule has 2 N–H and O–H groups in total. The van der Waals surface area contributed by atoms with Crippen LogP contribution in [0, 0.1) is 18.3 Å². The number of carbonyl (C=O) groups excluding carboxylic acids is 2. The summed E-state index contributed by atoms with van der Waals surface area (Å²) in [5.41, 5.74) is 1.86. The Labute approximate surface area is 236 Å². The van der Waals surface area contributed by atoms with Gasteiger partial charge in [0.1, 0.15) is 11.4 Å². The lowest BCUT2D eigenvalue weighted by Gasteiger charge is -2.31. The van der Waals surface area contributed by atoms with Crippen molar-refractivity contribution in [3.8, 4) is 18.1 Å². The van der Waals surface area contributed by atoms with E-state index >= 15 is 0 Å². The summed E-state index contributed by atoms with van der Waals surface area (Å²) in [5, 5.41) is 6.42. The molecule has 1 aromatic carbocycles. The van der Waals surface area contributed by atoms with Gasteiger partial charge in [0, 0.05) is 37.7 Å². The van der Waals surface area contributed by atoms with Crippen molar-refractivity contribution in [1.29, 1.82) is 0 Å². The number of methoxy groups -OCH3 is 1. The van der Waals surface area contributed by atoms with Gasteiger partial charge in [-0.15, -0.1) is 12.3 Å². The van der Waals surface area contributed by atoms with E-state index in [9.17, 15) is 9.59 Å². The van der Waals surface area contributed by atoms with E-state index in [1.54, 1.807) is 37.4 Å². The standard InChI is InChI=1S/C30H39N7O3/c1-5-8-21-19-37(23-9-6-7-10-23)27-25(36(3)29(21)39)18-31-30(34-27)33-24-12-11-20(17-26(24)40-4)28(38)32-22-13-15-35(2)16-14-22/h1,11-12,17-18,21-23H,6-10,13-16,19H2,2-4H3,(H,32,38)(H,31,33,34)/t21-/m1/s1. The van der Waals surface area contributed by atoms with E-state index < -0.39 is 0 Å². The quantitative estimate of drug-likeness (QED) is 0.511. The fourth-order valence-electron chi connectivity index (χ4n) is 5.98. The molecule has 2 aliphatic heterocycles. The van der Waals surface area contributed by atoms with E-state index in [0.717, 1.165) is 57.4 Å². The highest BCUT2D eigenvalue weighted by Gasteiger charge is 2.36. The number of hydrogen-bond acceptors (Lipinski definition) is 8. The van der Waals surface area contributed by atoms with Gasteiger partial charge in [0.2, 0.25) is 11.9 Å². The molecule has 10 heteroatoms. The fraction of sp³-hybridized carbons (Fsp3) is 0.533. The number of terminal acetylenes is 1. The van der Waals surface area contributed by atoms with Crippen LogP contribution in [0.1, 0.15) is 55.3 Å². The third-order valence-corrected chi connectivity index (χ3v) is 8.37. The van der Waals surface area contributed by atoms with Gasteiger partial charge in [0.05, 0.1) is 24.9 Å². The molecular formula is C30H39N7O3. The zero-order chi connectivity index (χ0) is 28.2. The van der Waals surface area contributed by atoms with Gasteiger partial charge in [0.15, 0.2) is 5.82 Å². The average Bonchev–Trinajstić information content (AvgIpc) is 3.48. The molecule has 2 fully saturated rings. The summed E-state index contributed by atoms with van der Waals surface area (Å²) in [6, 6.07) is 5.80.